The molecule has 0 saturated heterocycles. The Balaban J connectivity index is 2.51. The molecule has 1 atom stereocenters. The van der Waals surface area contributed by atoms with E-state index in [1.54, 1.807) is 13.2 Å². The van der Waals surface area contributed by atoms with Gasteiger partial charge in [-0.25, -0.2) is 4.39 Å². The summed E-state index contributed by atoms with van der Waals surface area (Å²) in [7, 11) is 1.72. The van der Waals surface area contributed by atoms with Crippen molar-refractivity contribution < 1.29 is 9.13 Å². The van der Waals surface area contributed by atoms with Crippen LogP contribution in [0.2, 0.25) is 0 Å². The zero-order chi connectivity index (χ0) is 13.2. The molecule has 0 amide bonds. The third-order valence-electron chi connectivity index (χ3n) is 3.11. The van der Waals surface area contributed by atoms with Crippen molar-refractivity contribution in [3.8, 4) is 0 Å². The molecule has 0 radical (unpaired) electrons. The molecule has 1 rings (SSSR count). The van der Waals surface area contributed by atoms with Crippen molar-refractivity contribution >= 4 is 0 Å². The van der Waals surface area contributed by atoms with Gasteiger partial charge in [0.05, 0.1) is 0 Å². The number of rotatable bonds is 9. The molecule has 0 aliphatic carbocycles. The first-order valence-corrected chi connectivity index (χ1v) is 6.71. The van der Waals surface area contributed by atoms with Crippen LogP contribution in [0.1, 0.15) is 25.3 Å². The molecule has 2 nitrogen and oxygen atoms in total. The zero-order valence-corrected chi connectivity index (χ0v) is 11.4. The van der Waals surface area contributed by atoms with Gasteiger partial charge in [0.15, 0.2) is 0 Å². The van der Waals surface area contributed by atoms with Crippen LogP contribution in [0.25, 0.3) is 0 Å². The lowest BCUT2D eigenvalue weighted by Gasteiger charge is -2.17. The quantitative estimate of drug-likeness (QED) is 0.683. The van der Waals surface area contributed by atoms with E-state index >= 15 is 0 Å². The van der Waals surface area contributed by atoms with E-state index in [1.807, 2.05) is 12.1 Å². The van der Waals surface area contributed by atoms with Crippen molar-refractivity contribution in [3.63, 3.8) is 0 Å². The van der Waals surface area contributed by atoms with Crippen LogP contribution >= 0.6 is 0 Å². The van der Waals surface area contributed by atoms with Gasteiger partial charge in [-0.05, 0) is 49.9 Å². The first kappa shape index (κ1) is 15.1. The first-order valence-electron chi connectivity index (χ1n) is 6.71. The van der Waals surface area contributed by atoms with Crippen LogP contribution in [0.5, 0.6) is 0 Å². The number of benzene rings is 1. The van der Waals surface area contributed by atoms with Gasteiger partial charge in [-0.15, -0.1) is 0 Å². The molecular weight excluding hydrogens is 229 g/mol. The molecule has 0 spiro atoms. The summed E-state index contributed by atoms with van der Waals surface area (Å²) in [6.07, 6.45) is 2.89. The number of nitrogens with one attached hydrogen (secondary N) is 1. The second kappa shape index (κ2) is 9.06. The maximum absolute atomic E-state index is 13.6. The molecule has 3 heteroatoms. The summed E-state index contributed by atoms with van der Waals surface area (Å²) >= 11 is 0. The number of methoxy groups -OCH3 is 1. The third kappa shape index (κ3) is 5.61. The average molecular weight is 253 g/mol. The summed E-state index contributed by atoms with van der Waals surface area (Å²) in [6, 6.07) is 7.06. The fourth-order valence-corrected chi connectivity index (χ4v) is 2.12. The second-order valence-corrected chi connectivity index (χ2v) is 4.60. The molecule has 1 N–H and O–H groups in total. The molecular formula is C15H24FNO. The Morgan fingerprint density at radius 2 is 2.11 bits per heavy atom. The summed E-state index contributed by atoms with van der Waals surface area (Å²) in [5.74, 6) is 0.378. The maximum atomic E-state index is 13.6. The van der Waals surface area contributed by atoms with E-state index in [0.29, 0.717) is 5.92 Å². The highest BCUT2D eigenvalue weighted by atomic mass is 19.1. The highest BCUT2D eigenvalue weighted by molar-refractivity contribution is 5.17. The topological polar surface area (TPSA) is 21.3 Å². The van der Waals surface area contributed by atoms with E-state index in [4.69, 9.17) is 4.74 Å². The van der Waals surface area contributed by atoms with E-state index in [9.17, 15) is 4.39 Å². The Labute approximate surface area is 110 Å². The Kier molecular flexibility index (Phi) is 7.62. The van der Waals surface area contributed by atoms with E-state index in [-0.39, 0.29) is 5.82 Å². The lowest BCUT2D eigenvalue weighted by Crippen LogP contribution is -2.24. The molecule has 0 saturated carbocycles. The molecule has 102 valence electrons. The monoisotopic (exact) mass is 253 g/mol. The smallest absolute Gasteiger partial charge is 0.126 e. The summed E-state index contributed by atoms with van der Waals surface area (Å²) in [5, 5.41) is 3.35. The lowest BCUT2D eigenvalue weighted by molar-refractivity contribution is 0.186. The van der Waals surface area contributed by atoms with Gasteiger partial charge in [0.25, 0.3) is 0 Å². The molecule has 0 aliphatic heterocycles. The van der Waals surface area contributed by atoms with Crippen molar-refractivity contribution in [1.82, 2.24) is 5.32 Å². The standard InChI is InChI=1S/C15H24FNO/c1-3-17-12-13(7-6-10-18-2)11-14-8-4-5-9-15(14)16/h4-5,8-9,13,17H,3,6-7,10-12H2,1-2H3. The summed E-state index contributed by atoms with van der Waals surface area (Å²) < 4.78 is 18.7. The second-order valence-electron chi connectivity index (χ2n) is 4.60. The molecule has 18 heavy (non-hydrogen) atoms. The van der Waals surface area contributed by atoms with E-state index in [2.05, 4.69) is 12.2 Å². The van der Waals surface area contributed by atoms with Crippen molar-refractivity contribution in [2.75, 3.05) is 26.8 Å². The largest absolute Gasteiger partial charge is 0.385 e. The highest BCUT2D eigenvalue weighted by Crippen LogP contribution is 2.16. The van der Waals surface area contributed by atoms with Crippen molar-refractivity contribution in [1.29, 1.82) is 0 Å². The van der Waals surface area contributed by atoms with Gasteiger partial charge in [0.1, 0.15) is 5.82 Å². The Bertz CT molecular complexity index is 330. The number of ether oxygens (including phenoxy) is 1. The average Bonchev–Trinajstić information content (AvgIpc) is 2.38. The minimum Gasteiger partial charge on any atom is -0.385 e. The maximum Gasteiger partial charge on any atom is 0.126 e. The van der Waals surface area contributed by atoms with Crippen LogP contribution in [-0.2, 0) is 11.2 Å². The number of hydrogen-bond donors (Lipinski definition) is 1. The molecule has 0 heterocycles. The molecule has 0 fully saturated rings. The van der Waals surface area contributed by atoms with Gasteiger partial charge >= 0.3 is 0 Å². The Morgan fingerprint density at radius 1 is 1.33 bits per heavy atom. The van der Waals surface area contributed by atoms with Crippen LogP contribution in [0.4, 0.5) is 4.39 Å². The zero-order valence-electron chi connectivity index (χ0n) is 11.4. The molecule has 1 aromatic carbocycles. The SMILES string of the molecule is CCNCC(CCCOC)Cc1ccccc1F. The van der Waals surface area contributed by atoms with E-state index in [1.165, 1.54) is 6.07 Å². The van der Waals surface area contributed by atoms with Crippen LogP contribution in [0.15, 0.2) is 24.3 Å². The molecule has 0 aromatic heterocycles. The van der Waals surface area contributed by atoms with Gasteiger partial charge in [-0.2, -0.15) is 0 Å². The van der Waals surface area contributed by atoms with E-state index in [0.717, 1.165) is 44.5 Å². The fraction of sp³-hybridized carbons (Fsp3) is 0.600. The molecule has 0 bridgehead atoms. The van der Waals surface area contributed by atoms with Crippen LogP contribution in [-0.4, -0.2) is 26.8 Å². The van der Waals surface area contributed by atoms with Crippen molar-refractivity contribution in [3.05, 3.63) is 35.6 Å². The van der Waals surface area contributed by atoms with Gasteiger partial charge < -0.3 is 10.1 Å². The normalized spacial score (nSPS) is 12.6. The summed E-state index contributed by atoms with van der Waals surface area (Å²) in [4.78, 5) is 0. The highest BCUT2D eigenvalue weighted by Gasteiger charge is 2.11. The van der Waals surface area contributed by atoms with Gasteiger partial charge in [-0.1, -0.05) is 25.1 Å². The van der Waals surface area contributed by atoms with Crippen LogP contribution in [0, 0.1) is 11.7 Å². The lowest BCUT2D eigenvalue weighted by atomic mass is 9.94. The molecule has 0 aliphatic rings. The van der Waals surface area contributed by atoms with Gasteiger partial charge in [0.2, 0.25) is 0 Å². The third-order valence-corrected chi connectivity index (χ3v) is 3.11. The first-order chi connectivity index (χ1) is 8.77. The van der Waals surface area contributed by atoms with Crippen molar-refractivity contribution in [2.45, 2.75) is 26.2 Å². The van der Waals surface area contributed by atoms with Gasteiger partial charge in [-0.3, -0.25) is 0 Å². The van der Waals surface area contributed by atoms with Crippen molar-refractivity contribution in [2.24, 2.45) is 5.92 Å². The van der Waals surface area contributed by atoms with Crippen LogP contribution < -0.4 is 5.32 Å². The molecule has 1 unspecified atom stereocenters. The summed E-state index contributed by atoms with van der Waals surface area (Å²) in [6.45, 7) is 4.77. The fourth-order valence-electron chi connectivity index (χ4n) is 2.12. The van der Waals surface area contributed by atoms with E-state index < -0.39 is 0 Å². The minimum absolute atomic E-state index is 0.0919. The summed E-state index contributed by atoms with van der Waals surface area (Å²) in [5.41, 5.74) is 0.817. The number of hydrogen-bond acceptors (Lipinski definition) is 2. The predicted octanol–water partition coefficient (Wildman–Crippen LogP) is 3.02. The predicted molar refractivity (Wildman–Crippen MR) is 73.2 cm³/mol. The number of halogens is 1. The Morgan fingerprint density at radius 3 is 2.78 bits per heavy atom. The minimum atomic E-state index is -0.0919. The van der Waals surface area contributed by atoms with Gasteiger partial charge in [0, 0.05) is 13.7 Å². The van der Waals surface area contributed by atoms with Crippen LogP contribution in [0.3, 0.4) is 0 Å². The molecule has 1 aromatic rings. The Hall–Kier alpha value is -0.930.